The maximum absolute atomic E-state index is 8.19. The number of rotatable bonds is 4. The van der Waals surface area contributed by atoms with Gasteiger partial charge < -0.3 is 5.73 Å². The van der Waals surface area contributed by atoms with Crippen LogP contribution in [0.25, 0.3) is 0 Å². The molecule has 0 atom stereocenters. The van der Waals surface area contributed by atoms with Crippen molar-refractivity contribution in [1.29, 1.82) is 5.26 Å². The minimum Gasteiger partial charge on any atom is -0.401 e. The Hall–Kier alpha value is -0.970. The molecule has 0 aliphatic carbocycles. The van der Waals surface area contributed by atoms with Gasteiger partial charge in [0.15, 0.2) is 0 Å². The minimum atomic E-state index is 0.705. The summed E-state index contributed by atoms with van der Waals surface area (Å²) in [4.78, 5) is 0. The van der Waals surface area contributed by atoms with Crippen molar-refractivity contribution in [3.8, 4) is 6.07 Å². The summed E-state index contributed by atoms with van der Waals surface area (Å²) in [7, 11) is 0. The molecule has 0 bridgehead atoms. The molecular formula is C8H14N2. The van der Waals surface area contributed by atoms with Gasteiger partial charge in [-0.25, -0.2) is 0 Å². The molecule has 2 nitrogen and oxygen atoms in total. The summed E-state index contributed by atoms with van der Waals surface area (Å²) in [6.07, 6.45) is 5.76. The second kappa shape index (κ2) is 6.15. The van der Waals surface area contributed by atoms with Crippen molar-refractivity contribution in [2.45, 2.75) is 32.6 Å². The lowest BCUT2D eigenvalue weighted by Gasteiger charge is -1.96. The van der Waals surface area contributed by atoms with Crippen molar-refractivity contribution in [2.24, 2.45) is 5.73 Å². The topological polar surface area (TPSA) is 49.8 Å². The number of nitriles is 1. The first-order valence-electron chi connectivity index (χ1n) is 3.65. The molecule has 0 saturated carbocycles. The average molecular weight is 138 g/mol. The molecule has 0 rings (SSSR count). The highest BCUT2D eigenvalue weighted by molar-refractivity contribution is 5.09. The molecule has 0 unspecified atom stereocenters. The van der Waals surface area contributed by atoms with Gasteiger partial charge in [-0.15, -0.1) is 0 Å². The molecule has 0 aliphatic rings. The molecule has 0 aliphatic heterocycles. The first-order valence-corrected chi connectivity index (χ1v) is 3.65. The lowest BCUT2D eigenvalue weighted by molar-refractivity contribution is 0.710. The van der Waals surface area contributed by atoms with Gasteiger partial charge in [0, 0.05) is 11.8 Å². The number of nitrogens with two attached hydrogens (primary N) is 1. The predicted molar refractivity (Wildman–Crippen MR) is 42.0 cm³/mol. The van der Waals surface area contributed by atoms with Gasteiger partial charge in [0.1, 0.15) is 0 Å². The largest absolute Gasteiger partial charge is 0.401 e. The van der Waals surface area contributed by atoms with Gasteiger partial charge >= 0.3 is 0 Å². The van der Waals surface area contributed by atoms with Crippen LogP contribution >= 0.6 is 0 Å². The van der Waals surface area contributed by atoms with Gasteiger partial charge in [0.25, 0.3) is 0 Å². The third-order valence-corrected chi connectivity index (χ3v) is 1.32. The predicted octanol–water partition coefficient (Wildman–Crippen LogP) is 1.93. The zero-order valence-electron chi connectivity index (χ0n) is 6.43. The van der Waals surface area contributed by atoms with Gasteiger partial charge in [-0.1, -0.05) is 19.8 Å². The molecule has 2 heteroatoms. The second-order valence-electron chi connectivity index (χ2n) is 2.31. The van der Waals surface area contributed by atoms with E-state index in [2.05, 4.69) is 6.92 Å². The van der Waals surface area contributed by atoms with E-state index in [4.69, 9.17) is 11.0 Å². The van der Waals surface area contributed by atoms with Crippen LogP contribution in [-0.2, 0) is 0 Å². The number of hydrogen-bond donors (Lipinski definition) is 1. The van der Waals surface area contributed by atoms with Crippen molar-refractivity contribution in [1.82, 2.24) is 0 Å². The summed E-state index contributed by atoms with van der Waals surface area (Å²) in [6.45, 7) is 2.14. The van der Waals surface area contributed by atoms with E-state index >= 15 is 0 Å². The zero-order chi connectivity index (χ0) is 7.82. The molecule has 0 aromatic heterocycles. The Labute approximate surface area is 62.3 Å². The summed E-state index contributed by atoms with van der Waals surface area (Å²) in [5.74, 6) is 0. The molecule has 0 fully saturated rings. The minimum absolute atomic E-state index is 0.705. The van der Waals surface area contributed by atoms with Crippen LogP contribution in [0.4, 0.5) is 0 Å². The van der Waals surface area contributed by atoms with Gasteiger partial charge in [-0.05, 0) is 12.8 Å². The van der Waals surface area contributed by atoms with Crippen molar-refractivity contribution >= 4 is 0 Å². The van der Waals surface area contributed by atoms with E-state index < -0.39 is 0 Å². The van der Waals surface area contributed by atoms with Crippen LogP contribution in [0.2, 0.25) is 0 Å². The zero-order valence-corrected chi connectivity index (χ0v) is 6.43. The number of nitrogens with zero attached hydrogens (tertiary/aromatic N) is 1. The molecule has 0 heterocycles. The van der Waals surface area contributed by atoms with Crippen LogP contribution in [0.15, 0.2) is 11.8 Å². The maximum Gasteiger partial charge on any atom is 0.0930 e. The second-order valence-corrected chi connectivity index (χ2v) is 2.31. The smallest absolute Gasteiger partial charge is 0.0930 e. The van der Waals surface area contributed by atoms with Crippen LogP contribution in [0.3, 0.4) is 0 Å². The van der Waals surface area contributed by atoms with Crippen molar-refractivity contribution in [3.05, 3.63) is 11.8 Å². The Morgan fingerprint density at radius 2 is 2.30 bits per heavy atom. The first-order chi connectivity index (χ1) is 4.81. The summed E-state index contributed by atoms with van der Waals surface area (Å²) in [5.41, 5.74) is 6.17. The van der Waals surface area contributed by atoms with Crippen LogP contribution in [0.5, 0.6) is 0 Å². The molecule has 0 aromatic rings. The molecule has 0 saturated heterocycles. The van der Waals surface area contributed by atoms with Gasteiger partial charge in [0.05, 0.1) is 6.07 Å². The van der Waals surface area contributed by atoms with E-state index in [1.165, 1.54) is 18.9 Å². The number of unbranched alkanes of at least 4 members (excludes halogenated alkanes) is 2. The lowest BCUT2D eigenvalue weighted by Crippen LogP contribution is -1.95. The van der Waals surface area contributed by atoms with Crippen LogP contribution in [-0.4, -0.2) is 0 Å². The summed E-state index contributed by atoms with van der Waals surface area (Å²) in [5, 5.41) is 8.19. The third kappa shape index (κ3) is 5.17. The lowest BCUT2D eigenvalue weighted by atomic mass is 10.1. The Morgan fingerprint density at radius 3 is 2.80 bits per heavy atom. The highest BCUT2D eigenvalue weighted by Crippen LogP contribution is 2.02. The van der Waals surface area contributed by atoms with E-state index in [0.29, 0.717) is 5.70 Å². The molecule has 0 amide bonds. The summed E-state index contributed by atoms with van der Waals surface area (Å²) < 4.78 is 0. The van der Waals surface area contributed by atoms with Crippen LogP contribution < -0.4 is 5.73 Å². The molecule has 10 heavy (non-hydrogen) atoms. The Bertz CT molecular complexity index is 142. The molecule has 0 radical (unpaired) electrons. The number of allylic oxidation sites excluding steroid dienone is 2. The van der Waals surface area contributed by atoms with Crippen molar-refractivity contribution in [2.75, 3.05) is 0 Å². The monoisotopic (exact) mass is 138 g/mol. The fourth-order valence-corrected chi connectivity index (χ4v) is 0.734. The number of hydrogen-bond acceptors (Lipinski definition) is 2. The van der Waals surface area contributed by atoms with E-state index in [1.807, 2.05) is 6.07 Å². The third-order valence-electron chi connectivity index (χ3n) is 1.32. The fourth-order valence-electron chi connectivity index (χ4n) is 0.734. The fraction of sp³-hybridized carbons (Fsp3) is 0.625. The average Bonchev–Trinajstić information content (AvgIpc) is 1.89. The normalized spacial score (nSPS) is 11.0. The first kappa shape index (κ1) is 9.03. The standard InChI is InChI=1S/C8H14N2/c1-2-3-4-5-8(10)6-7-9/h6H,2-5,10H2,1H3. The van der Waals surface area contributed by atoms with Gasteiger partial charge in [0.2, 0.25) is 0 Å². The van der Waals surface area contributed by atoms with E-state index in [1.54, 1.807) is 0 Å². The Balaban J connectivity index is 3.32. The highest BCUT2D eigenvalue weighted by Gasteiger charge is 1.88. The summed E-state index contributed by atoms with van der Waals surface area (Å²) >= 11 is 0. The molecule has 0 aromatic carbocycles. The van der Waals surface area contributed by atoms with E-state index in [9.17, 15) is 0 Å². The molecule has 56 valence electrons. The van der Waals surface area contributed by atoms with Gasteiger partial charge in [-0.2, -0.15) is 5.26 Å². The summed E-state index contributed by atoms with van der Waals surface area (Å²) in [6, 6.07) is 1.91. The van der Waals surface area contributed by atoms with Crippen LogP contribution in [0, 0.1) is 11.3 Å². The van der Waals surface area contributed by atoms with Crippen molar-refractivity contribution < 1.29 is 0 Å². The highest BCUT2D eigenvalue weighted by atomic mass is 14.6. The van der Waals surface area contributed by atoms with Crippen LogP contribution in [0.1, 0.15) is 32.6 Å². The Kier molecular flexibility index (Phi) is 5.56. The quantitative estimate of drug-likeness (QED) is 0.476. The molecule has 2 N–H and O–H groups in total. The molecule has 0 spiro atoms. The SMILES string of the molecule is CCCCCC(N)=CC#N. The Morgan fingerprint density at radius 1 is 1.60 bits per heavy atom. The van der Waals surface area contributed by atoms with Crippen molar-refractivity contribution in [3.63, 3.8) is 0 Å². The van der Waals surface area contributed by atoms with E-state index in [0.717, 1.165) is 12.8 Å². The van der Waals surface area contributed by atoms with E-state index in [-0.39, 0.29) is 0 Å². The molecular weight excluding hydrogens is 124 g/mol. The van der Waals surface area contributed by atoms with Gasteiger partial charge in [-0.3, -0.25) is 0 Å². The maximum atomic E-state index is 8.19.